The van der Waals surface area contributed by atoms with Gasteiger partial charge < -0.3 is 9.47 Å². The molecule has 0 aliphatic rings. The number of esters is 1. The summed E-state index contributed by atoms with van der Waals surface area (Å²) in [4.78, 5) is 10.4. The molecule has 0 N–H and O–H groups in total. The van der Waals surface area contributed by atoms with Gasteiger partial charge in [0.05, 0.1) is 7.11 Å². The Labute approximate surface area is 69.3 Å². The Morgan fingerprint density at radius 3 is 2.33 bits per heavy atom. The lowest BCUT2D eigenvalue weighted by atomic mass is 10.5. The summed E-state index contributed by atoms with van der Waals surface area (Å²) in [6, 6.07) is 3.07. The molecule has 0 amide bonds. The molecule has 1 heterocycles. The molecule has 1 rings (SSSR count). The zero-order valence-corrected chi connectivity index (χ0v) is 6.77. The van der Waals surface area contributed by atoms with Crippen molar-refractivity contribution < 1.29 is 14.3 Å². The van der Waals surface area contributed by atoms with Gasteiger partial charge in [-0.3, -0.25) is 4.79 Å². The van der Waals surface area contributed by atoms with E-state index in [-0.39, 0.29) is 5.88 Å². The molecule has 0 aliphatic heterocycles. The van der Waals surface area contributed by atoms with Gasteiger partial charge in [0.25, 0.3) is 0 Å². The van der Waals surface area contributed by atoms with Crippen LogP contribution in [-0.2, 0) is 4.79 Å². The number of hydrogen-bond acceptors (Lipinski definition) is 5. The minimum atomic E-state index is -0.422. The molecule has 1 aromatic heterocycles. The maximum absolute atomic E-state index is 10.4. The fraction of sp³-hybridized carbons (Fsp3) is 0.286. The number of hydrogen-bond donors (Lipinski definition) is 0. The topological polar surface area (TPSA) is 61.3 Å². The van der Waals surface area contributed by atoms with E-state index in [9.17, 15) is 4.79 Å². The number of carbonyl (C=O) groups excluding carboxylic acids is 1. The van der Waals surface area contributed by atoms with Crippen molar-refractivity contribution in [2.24, 2.45) is 0 Å². The largest absolute Gasteiger partial charge is 0.480 e. The van der Waals surface area contributed by atoms with Gasteiger partial charge in [-0.25, -0.2) is 0 Å². The number of nitrogens with zero attached hydrogens (tertiary/aromatic N) is 2. The molecule has 5 nitrogen and oxygen atoms in total. The third kappa shape index (κ3) is 2.19. The van der Waals surface area contributed by atoms with Crippen LogP contribution >= 0.6 is 0 Å². The Morgan fingerprint density at radius 2 is 1.92 bits per heavy atom. The monoisotopic (exact) mass is 168 g/mol. The quantitative estimate of drug-likeness (QED) is 0.598. The van der Waals surface area contributed by atoms with Gasteiger partial charge in [-0.05, 0) is 0 Å². The summed E-state index contributed by atoms with van der Waals surface area (Å²) in [6.45, 7) is 1.30. The smallest absolute Gasteiger partial charge is 0.309 e. The van der Waals surface area contributed by atoms with E-state index in [4.69, 9.17) is 4.74 Å². The minimum absolute atomic E-state index is 0.170. The fourth-order valence-electron chi connectivity index (χ4n) is 0.618. The Morgan fingerprint density at radius 1 is 1.33 bits per heavy atom. The molecular weight excluding hydrogens is 160 g/mol. The molecule has 0 saturated carbocycles. The highest BCUT2D eigenvalue weighted by Gasteiger charge is 1.99. The molecule has 0 saturated heterocycles. The van der Waals surface area contributed by atoms with Gasteiger partial charge in [0, 0.05) is 19.1 Å². The van der Waals surface area contributed by atoms with Crippen molar-refractivity contribution in [3.05, 3.63) is 12.1 Å². The van der Waals surface area contributed by atoms with E-state index in [1.54, 1.807) is 6.07 Å². The molecule has 0 aromatic carbocycles. The van der Waals surface area contributed by atoms with Crippen LogP contribution in [0.3, 0.4) is 0 Å². The SMILES string of the molecule is COc1ccc(OC(C)=O)nn1. The van der Waals surface area contributed by atoms with E-state index in [0.29, 0.717) is 5.88 Å². The van der Waals surface area contributed by atoms with E-state index in [1.165, 1.54) is 20.1 Å². The summed E-state index contributed by atoms with van der Waals surface area (Å²) >= 11 is 0. The van der Waals surface area contributed by atoms with Gasteiger partial charge in [0.1, 0.15) is 0 Å². The molecule has 0 bridgehead atoms. The summed E-state index contributed by atoms with van der Waals surface area (Å²) in [6.07, 6.45) is 0. The summed E-state index contributed by atoms with van der Waals surface area (Å²) in [5.74, 6) is 0.128. The summed E-state index contributed by atoms with van der Waals surface area (Å²) < 4.78 is 9.41. The summed E-state index contributed by atoms with van der Waals surface area (Å²) in [7, 11) is 1.48. The normalized spacial score (nSPS) is 9.17. The van der Waals surface area contributed by atoms with Gasteiger partial charge in [0.15, 0.2) is 0 Å². The van der Waals surface area contributed by atoms with Gasteiger partial charge >= 0.3 is 5.97 Å². The second kappa shape index (κ2) is 3.66. The third-order valence-electron chi connectivity index (χ3n) is 1.07. The Bertz CT molecular complexity index is 270. The van der Waals surface area contributed by atoms with Gasteiger partial charge in [-0.2, -0.15) is 0 Å². The lowest BCUT2D eigenvalue weighted by Gasteiger charge is -1.99. The van der Waals surface area contributed by atoms with Gasteiger partial charge in [-0.1, -0.05) is 0 Å². The Hall–Kier alpha value is -1.65. The molecule has 0 aliphatic carbocycles. The standard InChI is InChI=1S/C7H8N2O3/c1-5(10)12-7-4-3-6(11-2)8-9-7/h3-4H,1-2H3. The van der Waals surface area contributed by atoms with Crippen molar-refractivity contribution in [1.29, 1.82) is 0 Å². The van der Waals surface area contributed by atoms with Crippen molar-refractivity contribution in [3.63, 3.8) is 0 Å². The molecule has 12 heavy (non-hydrogen) atoms. The molecule has 5 heteroatoms. The van der Waals surface area contributed by atoms with E-state index in [1.807, 2.05) is 0 Å². The first-order chi connectivity index (χ1) is 5.72. The van der Waals surface area contributed by atoms with Crippen LogP contribution in [0.1, 0.15) is 6.92 Å². The second-order valence-corrected chi connectivity index (χ2v) is 2.01. The molecule has 64 valence electrons. The number of methoxy groups -OCH3 is 1. The van der Waals surface area contributed by atoms with Crippen LogP contribution in [0.5, 0.6) is 11.8 Å². The predicted octanol–water partition coefficient (Wildman–Crippen LogP) is 0.410. The lowest BCUT2D eigenvalue weighted by molar-refractivity contribution is -0.132. The zero-order valence-electron chi connectivity index (χ0n) is 6.77. The lowest BCUT2D eigenvalue weighted by Crippen LogP contribution is -2.03. The highest BCUT2D eigenvalue weighted by molar-refractivity contribution is 5.68. The van der Waals surface area contributed by atoms with Crippen molar-refractivity contribution in [2.75, 3.05) is 7.11 Å². The average molecular weight is 168 g/mol. The molecule has 0 fully saturated rings. The van der Waals surface area contributed by atoms with Crippen LogP contribution in [0.25, 0.3) is 0 Å². The highest BCUT2D eigenvalue weighted by atomic mass is 16.5. The second-order valence-electron chi connectivity index (χ2n) is 2.01. The van der Waals surface area contributed by atoms with Gasteiger partial charge in [-0.15, -0.1) is 10.2 Å². The maximum Gasteiger partial charge on any atom is 0.309 e. The molecule has 0 spiro atoms. The first-order valence-electron chi connectivity index (χ1n) is 3.28. The van der Waals surface area contributed by atoms with Crippen LogP contribution in [0, 0.1) is 0 Å². The summed E-state index contributed by atoms with van der Waals surface area (Å²) in [5, 5.41) is 7.17. The Kier molecular flexibility index (Phi) is 2.57. The summed E-state index contributed by atoms with van der Waals surface area (Å²) in [5.41, 5.74) is 0. The average Bonchev–Trinajstić information content (AvgIpc) is 2.05. The van der Waals surface area contributed by atoms with Crippen LogP contribution in [0.15, 0.2) is 12.1 Å². The molecule has 1 aromatic rings. The first-order valence-corrected chi connectivity index (χ1v) is 3.28. The van der Waals surface area contributed by atoms with Crippen molar-refractivity contribution in [3.8, 4) is 11.8 Å². The van der Waals surface area contributed by atoms with E-state index >= 15 is 0 Å². The number of ether oxygens (including phenoxy) is 2. The van der Waals surface area contributed by atoms with Crippen LogP contribution < -0.4 is 9.47 Å². The first kappa shape index (κ1) is 8.45. The zero-order chi connectivity index (χ0) is 8.97. The third-order valence-corrected chi connectivity index (χ3v) is 1.07. The predicted molar refractivity (Wildman–Crippen MR) is 39.9 cm³/mol. The van der Waals surface area contributed by atoms with E-state index in [2.05, 4.69) is 14.9 Å². The number of carbonyl (C=O) groups is 1. The maximum atomic E-state index is 10.4. The van der Waals surface area contributed by atoms with Crippen molar-refractivity contribution in [1.82, 2.24) is 10.2 Å². The van der Waals surface area contributed by atoms with Gasteiger partial charge in [0.2, 0.25) is 11.8 Å². The number of aromatic nitrogens is 2. The fourth-order valence-corrected chi connectivity index (χ4v) is 0.618. The molecule has 0 atom stereocenters. The van der Waals surface area contributed by atoms with Crippen LogP contribution in [-0.4, -0.2) is 23.3 Å². The molecule has 0 unspecified atom stereocenters. The van der Waals surface area contributed by atoms with Crippen molar-refractivity contribution in [2.45, 2.75) is 6.92 Å². The minimum Gasteiger partial charge on any atom is -0.480 e. The molecular formula is C7H8N2O3. The van der Waals surface area contributed by atoms with E-state index in [0.717, 1.165) is 0 Å². The van der Waals surface area contributed by atoms with E-state index < -0.39 is 5.97 Å². The molecule has 0 radical (unpaired) electrons. The number of rotatable bonds is 2. The Balaban J connectivity index is 2.71. The van der Waals surface area contributed by atoms with Crippen LogP contribution in [0.2, 0.25) is 0 Å². The van der Waals surface area contributed by atoms with Crippen LogP contribution in [0.4, 0.5) is 0 Å². The highest BCUT2D eigenvalue weighted by Crippen LogP contribution is 2.08. The van der Waals surface area contributed by atoms with Crippen molar-refractivity contribution >= 4 is 5.97 Å².